The summed E-state index contributed by atoms with van der Waals surface area (Å²) in [5.41, 5.74) is 3.48. The molecule has 0 aromatic heterocycles. The first-order valence-corrected chi connectivity index (χ1v) is 11.2. The highest BCUT2D eigenvalue weighted by atomic mass is 16.5. The highest BCUT2D eigenvalue weighted by molar-refractivity contribution is 6.24. The van der Waals surface area contributed by atoms with Gasteiger partial charge in [0.25, 0.3) is 5.91 Å². The number of carbonyl (C=O) groups is 3. The van der Waals surface area contributed by atoms with Gasteiger partial charge in [0, 0.05) is 37.8 Å². The van der Waals surface area contributed by atoms with Crippen molar-refractivity contribution in [3.8, 4) is 5.75 Å². The second kappa shape index (κ2) is 8.67. The first kappa shape index (κ1) is 24.7. The summed E-state index contributed by atoms with van der Waals surface area (Å²) in [5.74, 6) is -6.13. The van der Waals surface area contributed by atoms with Gasteiger partial charge in [0.1, 0.15) is 22.8 Å². The molecule has 3 aliphatic carbocycles. The Morgan fingerprint density at radius 2 is 1.97 bits per heavy atom. The number of amides is 1. The van der Waals surface area contributed by atoms with E-state index >= 15 is 0 Å². The minimum atomic E-state index is -2.67. The van der Waals surface area contributed by atoms with Crippen molar-refractivity contribution in [1.82, 2.24) is 5.32 Å². The molecule has 7 N–H and O–H groups in total. The summed E-state index contributed by atoms with van der Waals surface area (Å²) in [6.07, 6.45) is 0.321. The van der Waals surface area contributed by atoms with Crippen LogP contribution in [-0.2, 0) is 20.8 Å². The van der Waals surface area contributed by atoms with E-state index in [-0.39, 0.29) is 30.9 Å². The van der Waals surface area contributed by atoms with Gasteiger partial charge in [-0.05, 0) is 36.5 Å². The number of anilines is 1. The van der Waals surface area contributed by atoms with Crippen LogP contribution in [0.1, 0.15) is 17.5 Å². The van der Waals surface area contributed by atoms with Crippen LogP contribution in [0.2, 0.25) is 0 Å². The predicted molar refractivity (Wildman–Crippen MR) is 125 cm³/mol. The number of fused-ring (bicyclic) bond motifs is 3. The molecule has 188 valence electrons. The molecule has 1 saturated carbocycles. The number of nitrogens with one attached hydrogen (secondary N) is 1. The van der Waals surface area contributed by atoms with E-state index < -0.39 is 52.3 Å². The molecule has 1 aromatic rings. The summed E-state index contributed by atoms with van der Waals surface area (Å²) in [6, 6.07) is 2.23. The van der Waals surface area contributed by atoms with Gasteiger partial charge in [-0.3, -0.25) is 14.4 Å². The van der Waals surface area contributed by atoms with Gasteiger partial charge in [0.2, 0.25) is 5.78 Å². The van der Waals surface area contributed by atoms with Gasteiger partial charge in [0.15, 0.2) is 11.4 Å². The molecule has 11 nitrogen and oxygen atoms in total. The van der Waals surface area contributed by atoms with Gasteiger partial charge in [-0.2, -0.15) is 0 Å². The fraction of sp³-hybridized carbons (Fsp3) is 0.458. The summed E-state index contributed by atoms with van der Waals surface area (Å²) in [4.78, 5) is 40.7. The zero-order chi connectivity index (χ0) is 25.8. The molecular weight excluding hydrogens is 458 g/mol. The van der Waals surface area contributed by atoms with E-state index in [9.17, 15) is 34.8 Å². The quantitative estimate of drug-likeness (QED) is 0.282. The molecule has 11 heteroatoms. The van der Waals surface area contributed by atoms with Gasteiger partial charge in [-0.1, -0.05) is 0 Å². The number of methoxy groups -OCH3 is 1. The Bertz CT molecular complexity index is 1190. The minimum Gasteiger partial charge on any atom is -0.508 e. The fourth-order valence-electron chi connectivity index (χ4n) is 5.69. The summed E-state index contributed by atoms with van der Waals surface area (Å²) < 4.78 is 5.42. The lowest BCUT2D eigenvalue weighted by Crippen LogP contribution is -2.66. The maximum absolute atomic E-state index is 13.8. The van der Waals surface area contributed by atoms with Crippen LogP contribution in [0.3, 0.4) is 0 Å². The molecule has 0 saturated heterocycles. The zero-order valence-electron chi connectivity index (χ0n) is 19.7. The average Bonchev–Trinajstić information content (AvgIpc) is 2.80. The number of ether oxygens (including phenoxy) is 1. The third kappa shape index (κ3) is 3.41. The molecular formula is C24H29N3O8. The van der Waals surface area contributed by atoms with Crippen LogP contribution in [0.4, 0.5) is 5.69 Å². The lowest BCUT2D eigenvalue weighted by molar-refractivity contribution is -0.150. The van der Waals surface area contributed by atoms with E-state index in [1.54, 1.807) is 6.07 Å². The fourth-order valence-corrected chi connectivity index (χ4v) is 5.69. The third-order valence-electron chi connectivity index (χ3n) is 7.22. The second-order valence-electron chi connectivity index (χ2n) is 9.24. The van der Waals surface area contributed by atoms with Crippen molar-refractivity contribution >= 4 is 28.9 Å². The monoisotopic (exact) mass is 487 g/mol. The summed E-state index contributed by atoms with van der Waals surface area (Å²) in [6.45, 7) is -0.410. The first-order valence-electron chi connectivity index (χ1n) is 11.2. The number of hydrogen-bond donors (Lipinski definition) is 6. The smallest absolute Gasteiger partial charge is 0.255 e. The van der Waals surface area contributed by atoms with E-state index in [4.69, 9.17) is 10.5 Å². The molecule has 1 fully saturated rings. The molecule has 4 atom stereocenters. The van der Waals surface area contributed by atoms with Gasteiger partial charge in [-0.15, -0.1) is 0 Å². The first-order chi connectivity index (χ1) is 16.5. The number of aliphatic hydroxyl groups is 4. The number of Topliss-reactive ketones (excluding diaryl/α,β-unsaturated/α-hetero) is 2. The summed E-state index contributed by atoms with van der Waals surface area (Å²) in [5, 5.41) is 45.8. The Balaban J connectivity index is 1.96. The number of nitrogens with zero attached hydrogens (tertiary/aromatic N) is 1. The average molecular weight is 488 g/mol. The molecule has 4 rings (SSSR count). The van der Waals surface area contributed by atoms with E-state index in [0.29, 0.717) is 17.7 Å². The molecule has 0 bridgehead atoms. The lowest BCUT2D eigenvalue weighted by atomic mass is 9.57. The molecule has 1 amide bonds. The highest BCUT2D eigenvalue weighted by Crippen LogP contribution is 2.53. The number of ketones is 2. The molecule has 0 heterocycles. The van der Waals surface area contributed by atoms with Crippen molar-refractivity contribution in [2.75, 3.05) is 39.3 Å². The molecule has 35 heavy (non-hydrogen) atoms. The lowest BCUT2D eigenvalue weighted by Gasteiger charge is -2.49. The van der Waals surface area contributed by atoms with Crippen molar-refractivity contribution in [3.05, 3.63) is 40.2 Å². The SMILES string of the molecule is COc1ccc(N(C)C)c2c1C(O)=C1C(=O)[C@]3(O)C(O)=C(C(N)=O)C(=O)[C@H](NCCO)C3C[C@@H]1C2. The van der Waals surface area contributed by atoms with E-state index in [1.807, 2.05) is 25.1 Å². The summed E-state index contributed by atoms with van der Waals surface area (Å²) in [7, 11) is 5.11. The number of carbonyl (C=O) groups excluding carboxylic acids is 3. The Labute approximate surface area is 201 Å². The van der Waals surface area contributed by atoms with Crippen molar-refractivity contribution < 1.29 is 39.5 Å². The molecule has 0 aliphatic heterocycles. The van der Waals surface area contributed by atoms with E-state index in [1.165, 1.54) is 7.11 Å². The van der Waals surface area contributed by atoms with Crippen LogP contribution in [0.5, 0.6) is 5.75 Å². The van der Waals surface area contributed by atoms with Crippen LogP contribution in [0, 0.1) is 11.8 Å². The number of aliphatic hydroxyl groups excluding tert-OH is 3. The van der Waals surface area contributed by atoms with Crippen molar-refractivity contribution in [2.24, 2.45) is 17.6 Å². The summed E-state index contributed by atoms with van der Waals surface area (Å²) >= 11 is 0. The third-order valence-corrected chi connectivity index (χ3v) is 7.22. The van der Waals surface area contributed by atoms with Gasteiger partial charge < -0.3 is 41.1 Å². The molecule has 1 unspecified atom stereocenters. The number of nitrogens with two attached hydrogens (primary N) is 1. The van der Waals surface area contributed by atoms with Gasteiger partial charge in [0.05, 0.1) is 25.3 Å². The Hall–Kier alpha value is -3.41. The Morgan fingerprint density at radius 1 is 1.29 bits per heavy atom. The normalized spacial score (nSPS) is 27.9. The topological polar surface area (TPSA) is 183 Å². The number of rotatable bonds is 6. The van der Waals surface area contributed by atoms with Crippen LogP contribution >= 0.6 is 0 Å². The van der Waals surface area contributed by atoms with E-state index in [0.717, 1.165) is 11.3 Å². The number of benzene rings is 1. The largest absolute Gasteiger partial charge is 0.508 e. The van der Waals surface area contributed by atoms with Crippen molar-refractivity contribution in [1.29, 1.82) is 0 Å². The van der Waals surface area contributed by atoms with Crippen LogP contribution in [-0.4, -0.2) is 83.9 Å². The van der Waals surface area contributed by atoms with Gasteiger partial charge >= 0.3 is 0 Å². The standard InChI is InChI=1S/C24H29N3O8/c1-27(2)13-4-5-14(35-3)16-11(13)8-10-9-12-18(26-6-7-28)20(30)17(23(25)33)22(32)24(12,34)21(31)15(10)19(16)29/h4-5,10,12,18,26,28-29,32,34H,6-9H2,1-3H3,(H2,25,33)/t10-,12?,18+,24-/m0/s1. The van der Waals surface area contributed by atoms with Crippen LogP contribution in [0.15, 0.2) is 29.0 Å². The van der Waals surface area contributed by atoms with Crippen LogP contribution < -0.4 is 20.7 Å². The zero-order valence-corrected chi connectivity index (χ0v) is 19.7. The maximum atomic E-state index is 13.8. The predicted octanol–water partition coefficient (Wildman–Crippen LogP) is -0.647. The molecule has 0 radical (unpaired) electrons. The van der Waals surface area contributed by atoms with E-state index in [2.05, 4.69) is 5.32 Å². The number of primary amides is 1. The Morgan fingerprint density at radius 3 is 2.54 bits per heavy atom. The van der Waals surface area contributed by atoms with Crippen molar-refractivity contribution in [3.63, 3.8) is 0 Å². The molecule has 1 aromatic carbocycles. The highest BCUT2D eigenvalue weighted by Gasteiger charge is 2.63. The van der Waals surface area contributed by atoms with Gasteiger partial charge in [-0.25, -0.2) is 0 Å². The van der Waals surface area contributed by atoms with Crippen molar-refractivity contribution in [2.45, 2.75) is 24.5 Å². The minimum absolute atomic E-state index is 0.0239. The Kier molecular flexibility index (Phi) is 6.12. The molecule has 3 aliphatic rings. The molecule has 0 spiro atoms. The van der Waals surface area contributed by atoms with Crippen LogP contribution in [0.25, 0.3) is 5.76 Å². The number of hydrogen-bond acceptors (Lipinski definition) is 10. The maximum Gasteiger partial charge on any atom is 0.255 e. The second-order valence-corrected chi connectivity index (χ2v) is 9.24.